The van der Waals surface area contributed by atoms with E-state index in [2.05, 4.69) is 10.1 Å². The van der Waals surface area contributed by atoms with E-state index in [0.717, 1.165) is 12.0 Å². The van der Waals surface area contributed by atoms with Gasteiger partial charge in [0.1, 0.15) is 0 Å². The van der Waals surface area contributed by atoms with Crippen LogP contribution in [0.2, 0.25) is 0 Å². The van der Waals surface area contributed by atoms with Crippen LogP contribution in [-0.2, 0) is 0 Å². The lowest BCUT2D eigenvalue weighted by atomic mass is 10.2. The largest absolute Gasteiger partial charge is 0.337 e. The molecule has 15 heavy (non-hydrogen) atoms. The van der Waals surface area contributed by atoms with Gasteiger partial charge in [-0.1, -0.05) is 42.4 Å². The minimum absolute atomic E-state index is 0.171. The molecule has 0 saturated carbocycles. The zero-order chi connectivity index (χ0) is 10.7. The Morgan fingerprint density at radius 2 is 2.07 bits per heavy atom. The Hall–Kier alpha value is -1.68. The average molecular weight is 203 g/mol. The highest BCUT2D eigenvalue weighted by Gasteiger charge is 2.13. The number of hydrogen-bond donors (Lipinski definition) is 1. The first-order valence-electron chi connectivity index (χ1n) is 4.96. The normalized spacial score (nSPS) is 12.7. The molecule has 2 rings (SSSR count). The lowest BCUT2D eigenvalue weighted by molar-refractivity contribution is 0.352. The van der Waals surface area contributed by atoms with Gasteiger partial charge in [0.05, 0.1) is 6.04 Å². The summed E-state index contributed by atoms with van der Waals surface area (Å²) in [6.45, 7) is 1.98. The van der Waals surface area contributed by atoms with Crippen molar-refractivity contribution in [3.63, 3.8) is 0 Å². The lowest BCUT2D eigenvalue weighted by Gasteiger charge is -1.99. The van der Waals surface area contributed by atoms with Crippen LogP contribution in [0.3, 0.4) is 0 Å². The first-order chi connectivity index (χ1) is 7.31. The van der Waals surface area contributed by atoms with Gasteiger partial charge in [-0.25, -0.2) is 0 Å². The number of aromatic nitrogens is 2. The van der Waals surface area contributed by atoms with Crippen LogP contribution in [0.25, 0.3) is 11.4 Å². The van der Waals surface area contributed by atoms with Crippen LogP contribution < -0.4 is 5.73 Å². The quantitative estimate of drug-likeness (QED) is 0.830. The summed E-state index contributed by atoms with van der Waals surface area (Å²) in [6.07, 6.45) is 0.788. The molecule has 1 aromatic carbocycles. The van der Waals surface area contributed by atoms with E-state index in [1.54, 1.807) is 0 Å². The number of benzene rings is 1. The van der Waals surface area contributed by atoms with Crippen molar-refractivity contribution in [1.29, 1.82) is 0 Å². The predicted octanol–water partition coefficient (Wildman–Crippen LogP) is 2.15. The summed E-state index contributed by atoms with van der Waals surface area (Å²) < 4.78 is 5.09. The fraction of sp³-hybridized carbons (Fsp3) is 0.273. The molecule has 1 aromatic heterocycles. The van der Waals surface area contributed by atoms with Crippen LogP contribution in [0.4, 0.5) is 0 Å². The summed E-state index contributed by atoms with van der Waals surface area (Å²) in [5.41, 5.74) is 6.73. The maximum absolute atomic E-state index is 5.79. The van der Waals surface area contributed by atoms with Crippen LogP contribution in [0.5, 0.6) is 0 Å². The standard InChI is InChI=1S/C11H13N3O/c1-2-9(12)11-13-10(14-15-11)8-6-4-3-5-7-8/h3-7,9H,2,12H2,1H3/t9-/m0/s1. The van der Waals surface area contributed by atoms with Crippen molar-refractivity contribution < 1.29 is 4.52 Å². The molecule has 0 saturated heterocycles. The summed E-state index contributed by atoms with van der Waals surface area (Å²) in [5, 5.41) is 3.89. The highest BCUT2D eigenvalue weighted by Crippen LogP contribution is 2.18. The van der Waals surface area contributed by atoms with Crippen LogP contribution in [0.15, 0.2) is 34.9 Å². The first-order valence-corrected chi connectivity index (χ1v) is 4.96. The molecule has 4 nitrogen and oxygen atoms in total. The lowest BCUT2D eigenvalue weighted by Crippen LogP contribution is -2.08. The molecular weight excluding hydrogens is 190 g/mol. The smallest absolute Gasteiger partial charge is 0.243 e. The van der Waals surface area contributed by atoms with Crippen molar-refractivity contribution in [1.82, 2.24) is 10.1 Å². The maximum atomic E-state index is 5.79. The summed E-state index contributed by atoms with van der Waals surface area (Å²) in [6, 6.07) is 9.52. The number of hydrogen-bond acceptors (Lipinski definition) is 4. The van der Waals surface area contributed by atoms with E-state index in [1.807, 2.05) is 37.3 Å². The second-order valence-corrected chi connectivity index (χ2v) is 3.34. The predicted molar refractivity (Wildman–Crippen MR) is 57.0 cm³/mol. The van der Waals surface area contributed by atoms with Crippen molar-refractivity contribution in [2.24, 2.45) is 5.73 Å². The summed E-state index contributed by atoms with van der Waals surface area (Å²) in [5.74, 6) is 1.09. The SMILES string of the molecule is CC[C@H](N)c1nc(-c2ccccc2)no1. The van der Waals surface area contributed by atoms with Crippen molar-refractivity contribution in [2.45, 2.75) is 19.4 Å². The van der Waals surface area contributed by atoms with Gasteiger partial charge < -0.3 is 10.3 Å². The molecular formula is C11H13N3O. The monoisotopic (exact) mass is 203 g/mol. The van der Waals surface area contributed by atoms with Gasteiger partial charge >= 0.3 is 0 Å². The molecule has 0 aliphatic heterocycles. The van der Waals surface area contributed by atoms with Crippen LogP contribution in [0.1, 0.15) is 25.3 Å². The van der Waals surface area contributed by atoms with E-state index in [-0.39, 0.29) is 6.04 Å². The van der Waals surface area contributed by atoms with Crippen LogP contribution in [-0.4, -0.2) is 10.1 Å². The highest BCUT2D eigenvalue weighted by atomic mass is 16.5. The molecule has 78 valence electrons. The second-order valence-electron chi connectivity index (χ2n) is 3.34. The third-order valence-electron chi connectivity index (χ3n) is 2.23. The van der Waals surface area contributed by atoms with Crippen molar-refractivity contribution in [3.8, 4) is 11.4 Å². The molecule has 0 aliphatic rings. The highest BCUT2D eigenvalue weighted by molar-refractivity contribution is 5.53. The summed E-state index contributed by atoms with van der Waals surface area (Å²) >= 11 is 0. The Morgan fingerprint density at radius 3 is 2.73 bits per heavy atom. The average Bonchev–Trinajstić information content (AvgIpc) is 2.78. The van der Waals surface area contributed by atoms with Gasteiger partial charge in [0.2, 0.25) is 11.7 Å². The van der Waals surface area contributed by atoms with Crippen molar-refractivity contribution in [2.75, 3.05) is 0 Å². The fourth-order valence-electron chi connectivity index (χ4n) is 1.26. The Bertz CT molecular complexity index is 424. The maximum Gasteiger partial charge on any atom is 0.243 e. The molecule has 0 fully saturated rings. The fourth-order valence-corrected chi connectivity index (χ4v) is 1.26. The Morgan fingerprint density at radius 1 is 1.33 bits per heavy atom. The van der Waals surface area contributed by atoms with E-state index in [1.165, 1.54) is 0 Å². The molecule has 0 amide bonds. The van der Waals surface area contributed by atoms with Gasteiger partial charge in [-0.15, -0.1) is 0 Å². The van der Waals surface area contributed by atoms with E-state index in [4.69, 9.17) is 10.3 Å². The summed E-state index contributed by atoms with van der Waals surface area (Å²) in [7, 11) is 0. The van der Waals surface area contributed by atoms with E-state index in [9.17, 15) is 0 Å². The van der Waals surface area contributed by atoms with Crippen molar-refractivity contribution >= 4 is 0 Å². The van der Waals surface area contributed by atoms with Gasteiger partial charge in [0, 0.05) is 5.56 Å². The topological polar surface area (TPSA) is 64.9 Å². The molecule has 0 aliphatic carbocycles. The number of rotatable bonds is 3. The van der Waals surface area contributed by atoms with Crippen LogP contribution >= 0.6 is 0 Å². The molecule has 1 atom stereocenters. The Kier molecular flexibility index (Phi) is 2.78. The zero-order valence-electron chi connectivity index (χ0n) is 8.55. The summed E-state index contributed by atoms with van der Waals surface area (Å²) in [4.78, 5) is 4.25. The molecule has 1 heterocycles. The molecule has 2 aromatic rings. The third kappa shape index (κ3) is 2.05. The molecule has 0 unspecified atom stereocenters. The van der Waals surface area contributed by atoms with Gasteiger partial charge in [0.15, 0.2) is 0 Å². The van der Waals surface area contributed by atoms with Gasteiger partial charge in [0.25, 0.3) is 0 Å². The van der Waals surface area contributed by atoms with E-state index >= 15 is 0 Å². The molecule has 0 bridgehead atoms. The Balaban J connectivity index is 2.28. The number of nitrogens with two attached hydrogens (primary N) is 1. The third-order valence-corrected chi connectivity index (χ3v) is 2.23. The second kappa shape index (κ2) is 4.23. The minimum atomic E-state index is -0.171. The van der Waals surface area contributed by atoms with Gasteiger partial charge in [-0.3, -0.25) is 0 Å². The Labute approximate surface area is 88.1 Å². The van der Waals surface area contributed by atoms with Gasteiger partial charge in [-0.05, 0) is 6.42 Å². The zero-order valence-corrected chi connectivity index (χ0v) is 8.55. The minimum Gasteiger partial charge on any atom is -0.337 e. The van der Waals surface area contributed by atoms with E-state index in [0.29, 0.717) is 11.7 Å². The van der Waals surface area contributed by atoms with Crippen LogP contribution in [0, 0.1) is 0 Å². The molecule has 4 heteroatoms. The van der Waals surface area contributed by atoms with E-state index < -0.39 is 0 Å². The number of nitrogens with zero attached hydrogens (tertiary/aromatic N) is 2. The van der Waals surface area contributed by atoms with Gasteiger partial charge in [-0.2, -0.15) is 4.98 Å². The molecule has 0 radical (unpaired) electrons. The first kappa shape index (κ1) is 9.86. The van der Waals surface area contributed by atoms with Crippen molar-refractivity contribution in [3.05, 3.63) is 36.2 Å². The molecule has 2 N–H and O–H groups in total. The molecule has 0 spiro atoms.